The second-order valence-corrected chi connectivity index (χ2v) is 9.06. The molecule has 11 heteroatoms. The highest BCUT2D eigenvalue weighted by Gasteiger charge is 2.29. The Labute approximate surface area is 216 Å². The van der Waals surface area contributed by atoms with Crippen LogP contribution in [0.3, 0.4) is 0 Å². The van der Waals surface area contributed by atoms with E-state index in [0.717, 1.165) is 22.4 Å². The molecule has 37 heavy (non-hydrogen) atoms. The molecule has 0 saturated heterocycles. The maximum absolute atomic E-state index is 13.0. The van der Waals surface area contributed by atoms with Crippen molar-refractivity contribution in [1.82, 2.24) is 14.8 Å². The molecule has 2 aromatic carbocycles. The molecule has 1 aliphatic carbocycles. The van der Waals surface area contributed by atoms with Crippen LogP contribution in [0.25, 0.3) is 16.9 Å². The van der Waals surface area contributed by atoms with Crippen molar-refractivity contribution in [1.29, 1.82) is 0 Å². The summed E-state index contributed by atoms with van der Waals surface area (Å²) in [5.41, 5.74) is 16.8. The predicted octanol–water partition coefficient (Wildman–Crippen LogP) is 3.22. The highest BCUT2D eigenvalue weighted by Crippen LogP contribution is 2.40. The average molecular weight is 517 g/mol. The summed E-state index contributed by atoms with van der Waals surface area (Å²) in [6.45, 7) is 0.326. The van der Waals surface area contributed by atoms with Crippen molar-refractivity contribution < 1.29 is 19.1 Å². The smallest absolute Gasteiger partial charge is 0.275 e. The van der Waals surface area contributed by atoms with Gasteiger partial charge in [0.25, 0.3) is 11.8 Å². The number of pyridine rings is 1. The number of anilines is 1. The Balaban J connectivity index is 1.43. The standard InChI is InChI=1S/C26H21ClN6O4/c27-19-7-4-15(11-28)30-23(19)26(35)31-14-3-1-13-2-6-17-22(25(29)34)32-33(24(17)18(13)9-14)16-5-8-20-21(10-16)37-12-36-20/h1,3-5,7-10H,2,6,11-12,28H2,(H2,29,34)(H,31,35). The van der Waals surface area contributed by atoms with E-state index in [1.54, 1.807) is 28.9 Å². The van der Waals surface area contributed by atoms with Crippen molar-refractivity contribution in [2.24, 2.45) is 11.5 Å². The van der Waals surface area contributed by atoms with E-state index in [4.69, 9.17) is 32.5 Å². The summed E-state index contributed by atoms with van der Waals surface area (Å²) < 4.78 is 12.6. The van der Waals surface area contributed by atoms with Gasteiger partial charge in [-0.25, -0.2) is 9.67 Å². The highest BCUT2D eigenvalue weighted by molar-refractivity contribution is 6.34. The SMILES string of the molecule is NCc1ccc(Cl)c(C(=O)Nc2ccc3c(c2)-c2c(c(C(N)=O)nn2-c2ccc4c(c2)OCO4)CC3)n1. The molecular formula is C26H21ClN6O4. The van der Waals surface area contributed by atoms with E-state index < -0.39 is 11.8 Å². The fraction of sp³-hybridized carbons (Fsp3) is 0.154. The van der Waals surface area contributed by atoms with Gasteiger partial charge in [0.15, 0.2) is 17.2 Å². The molecule has 10 nitrogen and oxygen atoms in total. The van der Waals surface area contributed by atoms with E-state index in [2.05, 4.69) is 15.4 Å². The number of carbonyl (C=O) groups excluding carboxylic acids is 2. The third-order valence-electron chi connectivity index (χ3n) is 6.41. The number of rotatable bonds is 5. The number of fused-ring (bicyclic) bond motifs is 4. The second kappa shape index (κ2) is 8.91. The monoisotopic (exact) mass is 516 g/mol. The molecule has 0 atom stereocenters. The van der Waals surface area contributed by atoms with Crippen molar-refractivity contribution in [3.8, 4) is 28.4 Å². The zero-order valence-corrected chi connectivity index (χ0v) is 20.2. The molecule has 0 spiro atoms. The summed E-state index contributed by atoms with van der Waals surface area (Å²) in [5.74, 6) is 0.155. The van der Waals surface area contributed by atoms with Gasteiger partial charge in [0.2, 0.25) is 6.79 Å². The van der Waals surface area contributed by atoms with E-state index in [1.165, 1.54) is 0 Å². The van der Waals surface area contributed by atoms with Gasteiger partial charge >= 0.3 is 0 Å². The second-order valence-electron chi connectivity index (χ2n) is 8.65. The zero-order chi connectivity index (χ0) is 25.7. The van der Waals surface area contributed by atoms with Crippen LogP contribution < -0.4 is 26.3 Å². The fourth-order valence-electron chi connectivity index (χ4n) is 4.66. The Morgan fingerprint density at radius 3 is 2.68 bits per heavy atom. The Kier molecular flexibility index (Phi) is 5.54. The number of amides is 2. The molecular weight excluding hydrogens is 496 g/mol. The number of carbonyl (C=O) groups is 2. The van der Waals surface area contributed by atoms with E-state index in [0.29, 0.717) is 41.4 Å². The summed E-state index contributed by atoms with van der Waals surface area (Å²) in [6, 6.07) is 14.3. The molecule has 2 aliphatic rings. The Morgan fingerprint density at radius 2 is 1.86 bits per heavy atom. The molecule has 5 N–H and O–H groups in total. The van der Waals surface area contributed by atoms with Gasteiger partial charge in [-0.2, -0.15) is 5.10 Å². The molecule has 186 valence electrons. The number of aromatic nitrogens is 3. The van der Waals surface area contributed by atoms with Crippen molar-refractivity contribution in [3.05, 3.63) is 81.8 Å². The van der Waals surface area contributed by atoms with Crippen molar-refractivity contribution in [3.63, 3.8) is 0 Å². The van der Waals surface area contributed by atoms with Crippen LogP contribution in [0.4, 0.5) is 5.69 Å². The van der Waals surface area contributed by atoms with Crippen molar-refractivity contribution in [2.45, 2.75) is 19.4 Å². The molecule has 0 bridgehead atoms. The van der Waals surface area contributed by atoms with Gasteiger partial charge in [-0.3, -0.25) is 9.59 Å². The molecule has 0 radical (unpaired) electrons. The summed E-state index contributed by atoms with van der Waals surface area (Å²) in [5, 5.41) is 7.67. The third-order valence-corrected chi connectivity index (χ3v) is 6.72. The number of nitrogens with zero attached hydrogens (tertiary/aromatic N) is 3. The first-order valence-electron chi connectivity index (χ1n) is 11.5. The molecule has 2 aromatic heterocycles. The number of nitrogens with two attached hydrogens (primary N) is 2. The Bertz CT molecular complexity index is 1600. The Morgan fingerprint density at radius 1 is 1.03 bits per heavy atom. The molecule has 0 fully saturated rings. The molecule has 1 aliphatic heterocycles. The molecule has 0 unspecified atom stereocenters. The maximum atomic E-state index is 13.0. The van der Waals surface area contributed by atoms with Gasteiger partial charge in [-0.05, 0) is 54.8 Å². The van der Waals surface area contributed by atoms with Gasteiger partial charge in [-0.1, -0.05) is 17.7 Å². The van der Waals surface area contributed by atoms with E-state index in [1.807, 2.05) is 24.3 Å². The number of benzene rings is 2. The van der Waals surface area contributed by atoms with Gasteiger partial charge in [0, 0.05) is 29.4 Å². The summed E-state index contributed by atoms with van der Waals surface area (Å²) in [6.07, 6.45) is 1.29. The summed E-state index contributed by atoms with van der Waals surface area (Å²) in [4.78, 5) is 29.5. The average Bonchev–Trinajstić information content (AvgIpc) is 3.53. The molecule has 2 amide bonds. The van der Waals surface area contributed by atoms with Crippen LogP contribution in [-0.2, 0) is 19.4 Å². The number of hydrogen-bond donors (Lipinski definition) is 3. The molecule has 0 saturated carbocycles. The van der Waals surface area contributed by atoms with Crippen LogP contribution in [-0.4, -0.2) is 33.4 Å². The highest BCUT2D eigenvalue weighted by atomic mass is 35.5. The number of hydrogen-bond acceptors (Lipinski definition) is 7. The number of halogens is 1. The van der Waals surface area contributed by atoms with Crippen molar-refractivity contribution >= 4 is 29.1 Å². The molecule has 4 aromatic rings. The first-order valence-corrected chi connectivity index (χ1v) is 11.9. The first-order chi connectivity index (χ1) is 17.9. The number of primary amides is 1. The van der Waals surface area contributed by atoms with Crippen molar-refractivity contribution in [2.75, 3.05) is 12.1 Å². The van der Waals surface area contributed by atoms with Crippen LogP contribution in [0.1, 0.15) is 37.8 Å². The summed E-state index contributed by atoms with van der Waals surface area (Å²) in [7, 11) is 0. The normalized spacial score (nSPS) is 13.1. The minimum absolute atomic E-state index is 0.0874. The summed E-state index contributed by atoms with van der Waals surface area (Å²) >= 11 is 6.22. The number of aryl methyl sites for hydroxylation is 1. The fourth-order valence-corrected chi connectivity index (χ4v) is 4.85. The number of ether oxygens (including phenoxy) is 2. The maximum Gasteiger partial charge on any atom is 0.275 e. The molecule has 3 heterocycles. The topological polar surface area (TPSA) is 147 Å². The third kappa shape index (κ3) is 3.96. The minimum Gasteiger partial charge on any atom is -0.454 e. The van der Waals surface area contributed by atoms with Crippen LogP contribution in [0.2, 0.25) is 5.02 Å². The lowest BCUT2D eigenvalue weighted by Gasteiger charge is -2.20. The van der Waals surface area contributed by atoms with Gasteiger partial charge in [-0.15, -0.1) is 0 Å². The lowest BCUT2D eigenvalue weighted by atomic mass is 9.88. The quantitative estimate of drug-likeness (QED) is 0.369. The van der Waals surface area contributed by atoms with Crippen LogP contribution in [0.15, 0.2) is 48.5 Å². The van der Waals surface area contributed by atoms with E-state index in [9.17, 15) is 9.59 Å². The lowest BCUT2D eigenvalue weighted by molar-refractivity contribution is 0.0991. The van der Waals surface area contributed by atoms with Gasteiger partial charge in [0.1, 0.15) is 5.69 Å². The minimum atomic E-state index is -0.607. The largest absolute Gasteiger partial charge is 0.454 e. The molecule has 6 rings (SSSR count). The Hall–Kier alpha value is -4.41. The number of nitrogens with one attached hydrogen (secondary N) is 1. The van der Waals surface area contributed by atoms with Crippen LogP contribution >= 0.6 is 11.6 Å². The first kappa shape index (κ1) is 23.0. The predicted molar refractivity (Wildman–Crippen MR) is 136 cm³/mol. The lowest BCUT2D eigenvalue weighted by Crippen LogP contribution is -2.17. The van der Waals surface area contributed by atoms with Gasteiger partial charge in [0.05, 0.1) is 22.1 Å². The van der Waals surface area contributed by atoms with Crippen LogP contribution in [0, 0.1) is 0 Å². The van der Waals surface area contributed by atoms with E-state index in [-0.39, 0.29) is 29.7 Å². The zero-order valence-electron chi connectivity index (χ0n) is 19.5. The van der Waals surface area contributed by atoms with Gasteiger partial charge < -0.3 is 26.3 Å². The van der Waals surface area contributed by atoms with E-state index >= 15 is 0 Å². The van der Waals surface area contributed by atoms with Crippen LogP contribution in [0.5, 0.6) is 11.5 Å².